The summed E-state index contributed by atoms with van der Waals surface area (Å²) in [4.78, 5) is 36.4. The molecular weight excluding hydrogens is 632 g/mol. The second kappa shape index (κ2) is 15.8. The first-order chi connectivity index (χ1) is 21.5. The van der Waals surface area contributed by atoms with Crippen LogP contribution in [0.3, 0.4) is 0 Å². The number of hydrogen-bond acceptors (Lipinski definition) is 18. The molecule has 3 aliphatic heterocycles. The fraction of sp³-hybridized carbons (Fsp3) is 0.880. The van der Waals surface area contributed by atoms with Crippen LogP contribution in [0.15, 0.2) is 0 Å². The summed E-state index contributed by atoms with van der Waals surface area (Å²) < 4.78 is 27.8. The van der Waals surface area contributed by atoms with E-state index in [1.54, 1.807) is 0 Å². The smallest absolute Gasteiger partial charge is 0.364 e. The van der Waals surface area contributed by atoms with Gasteiger partial charge in [-0.25, -0.2) is 4.79 Å². The minimum absolute atomic E-state index is 0.740. The zero-order chi connectivity index (χ0) is 34.7. The van der Waals surface area contributed by atoms with Gasteiger partial charge in [-0.1, -0.05) is 0 Å². The fourth-order valence-corrected chi connectivity index (χ4v) is 5.56. The van der Waals surface area contributed by atoms with Crippen LogP contribution >= 0.6 is 0 Å². The molecule has 46 heavy (non-hydrogen) atoms. The molecule has 16 atom stereocenters. The second-order valence-electron chi connectivity index (χ2n) is 11.2. The van der Waals surface area contributed by atoms with Gasteiger partial charge in [0.25, 0.3) is 5.79 Å². The minimum atomic E-state index is -3.06. The molecule has 1 unspecified atom stereocenters. The van der Waals surface area contributed by atoms with Crippen LogP contribution in [0.2, 0.25) is 0 Å². The van der Waals surface area contributed by atoms with Crippen molar-refractivity contribution in [1.82, 2.24) is 10.6 Å². The molecule has 13 N–H and O–H groups in total. The van der Waals surface area contributed by atoms with Gasteiger partial charge in [0, 0.05) is 20.3 Å². The van der Waals surface area contributed by atoms with E-state index < -0.39 is 142 Å². The summed E-state index contributed by atoms with van der Waals surface area (Å²) >= 11 is 0. The SMILES string of the molecule is CC(=O)N[C@H]1[C@H](O[C@@H]2[C@H](O[C@]3(C(=O)O)C[C@H](O)[C@@H](NC(C)=O)[C@H]([C@H](O)[C@H](O)CO)O3)[C@@H](O)C(O)O[C@@H]2CO)O[C@H](CO)[C@H](O)[C@@H]1O. The van der Waals surface area contributed by atoms with E-state index in [1.807, 2.05) is 0 Å². The summed E-state index contributed by atoms with van der Waals surface area (Å²) in [6.07, 6.45) is -25.9. The van der Waals surface area contributed by atoms with Gasteiger partial charge in [-0.3, -0.25) is 9.59 Å². The van der Waals surface area contributed by atoms with E-state index in [0.29, 0.717) is 0 Å². The number of carbonyl (C=O) groups excluding carboxylic acids is 2. The van der Waals surface area contributed by atoms with Crippen molar-refractivity contribution in [3.05, 3.63) is 0 Å². The Morgan fingerprint density at radius 2 is 1.43 bits per heavy atom. The monoisotopic (exact) mass is 674 g/mol. The zero-order valence-electron chi connectivity index (χ0n) is 24.7. The van der Waals surface area contributed by atoms with Crippen LogP contribution in [-0.2, 0) is 38.1 Å². The van der Waals surface area contributed by atoms with E-state index >= 15 is 0 Å². The van der Waals surface area contributed by atoms with E-state index in [-0.39, 0.29) is 0 Å². The third kappa shape index (κ3) is 8.08. The van der Waals surface area contributed by atoms with Gasteiger partial charge < -0.3 is 90.5 Å². The zero-order valence-corrected chi connectivity index (χ0v) is 24.7. The topological polar surface area (TPSA) is 344 Å². The van der Waals surface area contributed by atoms with Crippen molar-refractivity contribution in [2.24, 2.45) is 0 Å². The van der Waals surface area contributed by atoms with Crippen LogP contribution in [0, 0.1) is 0 Å². The Labute approximate surface area is 260 Å². The van der Waals surface area contributed by atoms with Gasteiger partial charge in [-0.2, -0.15) is 0 Å². The lowest BCUT2D eigenvalue weighted by Gasteiger charge is -2.51. The lowest BCUT2D eigenvalue weighted by atomic mass is 9.88. The number of carboxylic acid groups (broad SMARTS) is 1. The normalized spacial score (nSPS) is 42.9. The van der Waals surface area contributed by atoms with Crippen LogP contribution in [0.4, 0.5) is 0 Å². The maximum Gasteiger partial charge on any atom is 0.364 e. The third-order valence-corrected chi connectivity index (χ3v) is 7.87. The molecule has 0 bridgehead atoms. The average molecular weight is 675 g/mol. The molecule has 3 heterocycles. The molecule has 0 spiro atoms. The van der Waals surface area contributed by atoms with Gasteiger partial charge in [0.15, 0.2) is 12.6 Å². The average Bonchev–Trinajstić information content (AvgIpc) is 2.99. The Balaban J connectivity index is 2.05. The predicted octanol–water partition coefficient (Wildman–Crippen LogP) is -8.08. The van der Waals surface area contributed by atoms with Crippen LogP contribution < -0.4 is 10.6 Å². The van der Waals surface area contributed by atoms with Crippen LogP contribution in [0.25, 0.3) is 0 Å². The first-order valence-electron chi connectivity index (χ1n) is 14.2. The standard InChI is InChI=1S/C25H42N2O19/c1-7(31)26-13-9(33)3-25(24(40)41,45-20(13)15(35)10(34)4-28)46-21-18(38)22(39)42-12(6-30)19(21)44-23-14(27-8(2)32)17(37)16(36)11(5-29)43-23/h9-23,28-30,33-39H,3-6H2,1-2H3,(H,26,31)(H,27,32)(H,40,41)/t9-,10+,11+,12+,13+,14+,15+,16-,17+,18+,19-,20+,21+,22?,23-,25-/m0/s1. The summed E-state index contributed by atoms with van der Waals surface area (Å²) in [5, 5.41) is 118. The number of rotatable bonds is 12. The van der Waals surface area contributed by atoms with Crippen molar-refractivity contribution in [2.75, 3.05) is 19.8 Å². The van der Waals surface area contributed by atoms with Crippen LogP contribution in [0.5, 0.6) is 0 Å². The number of hydrogen-bond donors (Lipinski definition) is 13. The molecule has 0 radical (unpaired) electrons. The van der Waals surface area contributed by atoms with Gasteiger partial charge in [0.05, 0.1) is 32.0 Å². The molecule has 0 aliphatic carbocycles. The number of aliphatic hydroxyl groups excluding tert-OH is 10. The van der Waals surface area contributed by atoms with Crippen molar-refractivity contribution >= 4 is 17.8 Å². The van der Waals surface area contributed by atoms with E-state index in [4.69, 9.17) is 23.7 Å². The van der Waals surface area contributed by atoms with E-state index in [2.05, 4.69) is 10.6 Å². The molecule has 21 heteroatoms. The van der Waals surface area contributed by atoms with Gasteiger partial charge in [0.1, 0.15) is 67.1 Å². The molecule has 0 aromatic rings. The maximum absolute atomic E-state index is 12.7. The Kier molecular flexibility index (Phi) is 13.1. The highest BCUT2D eigenvalue weighted by Crippen LogP contribution is 2.38. The molecule has 0 saturated carbocycles. The first kappa shape index (κ1) is 38.3. The molecular formula is C25H42N2O19. The predicted molar refractivity (Wildman–Crippen MR) is 142 cm³/mol. The quantitative estimate of drug-likeness (QED) is 0.0913. The highest BCUT2D eigenvalue weighted by Gasteiger charge is 2.60. The summed E-state index contributed by atoms with van der Waals surface area (Å²) in [5.74, 6) is -6.55. The number of ether oxygens (including phenoxy) is 5. The Morgan fingerprint density at radius 1 is 0.848 bits per heavy atom. The lowest BCUT2D eigenvalue weighted by Crippen LogP contribution is -2.71. The third-order valence-electron chi connectivity index (χ3n) is 7.87. The van der Waals surface area contributed by atoms with E-state index in [0.717, 1.165) is 13.8 Å². The molecule has 3 saturated heterocycles. The molecule has 21 nitrogen and oxygen atoms in total. The van der Waals surface area contributed by atoms with Crippen molar-refractivity contribution in [3.63, 3.8) is 0 Å². The van der Waals surface area contributed by atoms with E-state index in [9.17, 15) is 70.6 Å². The Hall–Kier alpha value is -2.19. The van der Waals surface area contributed by atoms with Gasteiger partial charge in [0.2, 0.25) is 11.8 Å². The molecule has 0 aromatic carbocycles. The number of carbonyl (C=O) groups is 3. The van der Waals surface area contributed by atoms with Crippen molar-refractivity contribution in [1.29, 1.82) is 0 Å². The lowest BCUT2D eigenvalue weighted by molar-refractivity contribution is -0.385. The van der Waals surface area contributed by atoms with Crippen LogP contribution in [0.1, 0.15) is 20.3 Å². The fourth-order valence-electron chi connectivity index (χ4n) is 5.56. The van der Waals surface area contributed by atoms with Crippen LogP contribution in [-0.4, -0.2) is 191 Å². The number of aliphatic carboxylic acids is 1. The molecule has 3 rings (SSSR count). The Morgan fingerprint density at radius 3 is 1.96 bits per heavy atom. The molecule has 2 amide bonds. The van der Waals surface area contributed by atoms with Gasteiger partial charge in [-0.15, -0.1) is 0 Å². The largest absolute Gasteiger partial charge is 0.477 e. The van der Waals surface area contributed by atoms with E-state index in [1.165, 1.54) is 0 Å². The molecule has 3 fully saturated rings. The van der Waals surface area contributed by atoms with Gasteiger partial charge in [-0.05, 0) is 0 Å². The Bertz CT molecular complexity index is 1050. The second-order valence-corrected chi connectivity index (χ2v) is 11.2. The highest BCUT2D eigenvalue weighted by molar-refractivity contribution is 5.76. The highest BCUT2D eigenvalue weighted by atomic mass is 16.8. The van der Waals surface area contributed by atoms with Crippen molar-refractivity contribution < 1.29 is 94.2 Å². The summed E-state index contributed by atoms with van der Waals surface area (Å²) in [7, 11) is 0. The maximum atomic E-state index is 12.7. The number of aliphatic hydroxyl groups is 10. The van der Waals surface area contributed by atoms with Crippen molar-refractivity contribution in [3.8, 4) is 0 Å². The molecule has 0 aromatic heterocycles. The van der Waals surface area contributed by atoms with Gasteiger partial charge >= 0.3 is 5.97 Å². The number of carboxylic acids is 1. The van der Waals surface area contributed by atoms with Crippen molar-refractivity contribution in [2.45, 2.75) is 118 Å². The summed E-state index contributed by atoms with van der Waals surface area (Å²) in [6, 6.07) is -3.14. The summed E-state index contributed by atoms with van der Waals surface area (Å²) in [6.45, 7) is -0.822. The summed E-state index contributed by atoms with van der Waals surface area (Å²) in [5.41, 5.74) is 0. The number of amides is 2. The first-order valence-corrected chi connectivity index (χ1v) is 14.2. The molecule has 3 aliphatic rings. The number of nitrogens with one attached hydrogen (secondary N) is 2. The molecule has 266 valence electrons. The minimum Gasteiger partial charge on any atom is -0.477 e.